The highest BCUT2D eigenvalue weighted by molar-refractivity contribution is 5.73. The number of nitrogens with two attached hydrogens (primary N) is 1. The van der Waals surface area contributed by atoms with Crippen LogP contribution >= 0.6 is 0 Å². The van der Waals surface area contributed by atoms with Crippen molar-refractivity contribution >= 4 is 5.97 Å². The molecular weight excluding hydrogens is 230 g/mol. The first kappa shape index (κ1) is 12.2. The number of carbonyl (C=O) groups is 1. The van der Waals surface area contributed by atoms with Gasteiger partial charge in [-0.3, -0.25) is 14.8 Å². The summed E-state index contributed by atoms with van der Waals surface area (Å²) in [5.41, 5.74) is 7.80. The summed E-state index contributed by atoms with van der Waals surface area (Å²) in [6.45, 7) is 0. The topological polar surface area (TPSA) is 89.1 Å². The van der Waals surface area contributed by atoms with Crippen molar-refractivity contribution < 1.29 is 9.90 Å². The highest BCUT2D eigenvalue weighted by Crippen LogP contribution is 2.15. The molecule has 0 radical (unpaired) electrons. The Morgan fingerprint density at radius 2 is 2.00 bits per heavy atom. The number of aliphatic carboxylic acids is 1. The molecule has 5 nitrogen and oxygen atoms in total. The van der Waals surface area contributed by atoms with Gasteiger partial charge in [0.15, 0.2) is 0 Å². The lowest BCUT2D eigenvalue weighted by Gasteiger charge is -2.07. The Hall–Kier alpha value is -2.27. The minimum absolute atomic E-state index is 0.275. The Kier molecular flexibility index (Phi) is 3.64. The summed E-state index contributed by atoms with van der Waals surface area (Å²) < 4.78 is 0. The molecule has 0 unspecified atom stereocenters. The van der Waals surface area contributed by atoms with Crippen LogP contribution in [0.25, 0.3) is 11.4 Å². The second kappa shape index (κ2) is 5.37. The molecule has 0 saturated carbocycles. The van der Waals surface area contributed by atoms with Crippen molar-refractivity contribution in [3.05, 3.63) is 48.3 Å². The van der Waals surface area contributed by atoms with E-state index in [0.29, 0.717) is 5.69 Å². The summed E-state index contributed by atoms with van der Waals surface area (Å²) in [7, 11) is 0. The second-order valence-electron chi connectivity index (χ2n) is 3.91. The molecule has 0 aliphatic heterocycles. The van der Waals surface area contributed by atoms with Crippen molar-refractivity contribution in [3.63, 3.8) is 0 Å². The molecule has 0 bridgehead atoms. The molecule has 2 heterocycles. The number of hydrogen-bond donors (Lipinski definition) is 2. The predicted octanol–water partition coefficient (Wildman–Crippen LogP) is 1.10. The fourth-order valence-electron chi connectivity index (χ4n) is 1.60. The van der Waals surface area contributed by atoms with Crippen LogP contribution in [0.5, 0.6) is 0 Å². The average Bonchev–Trinajstić information content (AvgIpc) is 2.40. The van der Waals surface area contributed by atoms with E-state index in [-0.39, 0.29) is 6.42 Å². The van der Waals surface area contributed by atoms with Gasteiger partial charge in [0.25, 0.3) is 0 Å². The van der Waals surface area contributed by atoms with Crippen molar-refractivity contribution in [3.8, 4) is 11.4 Å². The molecule has 2 aromatic rings. The van der Waals surface area contributed by atoms with E-state index in [1.165, 1.54) is 0 Å². The first-order valence-corrected chi connectivity index (χ1v) is 5.51. The summed E-state index contributed by atoms with van der Waals surface area (Å²) in [5.74, 6) is -1.01. The van der Waals surface area contributed by atoms with Gasteiger partial charge in [0, 0.05) is 12.4 Å². The number of carboxylic acid groups (broad SMARTS) is 1. The summed E-state index contributed by atoms with van der Waals surface area (Å²) in [6.07, 6.45) is 3.60. The maximum atomic E-state index is 10.7. The Balaban J connectivity index is 2.23. The Bertz CT molecular complexity index is 543. The third-order valence-corrected chi connectivity index (χ3v) is 2.52. The van der Waals surface area contributed by atoms with Gasteiger partial charge < -0.3 is 10.8 Å². The third kappa shape index (κ3) is 2.89. The smallest absolute Gasteiger partial charge is 0.320 e. The van der Waals surface area contributed by atoms with E-state index >= 15 is 0 Å². The maximum Gasteiger partial charge on any atom is 0.320 e. The minimum Gasteiger partial charge on any atom is -0.480 e. The Morgan fingerprint density at radius 1 is 1.22 bits per heavy atom. The molecule has 0 amide bonds. The van der Waals surface area contributed by atoms with Gasteiger partial charge in [0.1, 0.15) is 6.04 Å². The van der Waals surface area contributed by atoms with E-state index in [2.05, 4.69) is 9.97 Å². The molecule has 1 atom stereocenters. The molecular formula is C13H13N3O2. The number of carboxylic acids is 1. The second-order valence-corrected chi connectivity index (χ2v) is 3.91. The molecule has 3 N–H and O–H groups in total. The van der Waals surface area contributed by atoms with E-state index in [9.17, 15) is 4.79 Å². The van der Waals surface area contributed by atoms with Crippen LogP contribution in [0.2, 0.25) is 0 Å². The minimum atomic E-state index is -1.01. The van der Waals surface area contributed by atoms with Crippen LogP contribution < -0.4 is 5.73 Å². The molecule has 0 spiro atoms. The number of hydrogen-bond acceptors (Lipinski definition) is 4. The highest BCUT2D eigenvalue weighted by Gasteiger charge is 2.12. The number of pyridine rings is 2. The predicted molar refractivity (Wildman–Crippen MR) is 66.8 cm³/mol. The summed E-state index contributed by atoms with van der Waals surface area (Å²) in [4.78, 5) is 19.1. The van der Waals surface area contributed by atoms with Crippen LogP contribution in [-0.4, -0.2) is 27.1 Å². The molecule has 0 aliphatic rings. The van der Waals surface area contributed by atoms with Gasteiger partial charge in [-0.15, -0.1) is 0 Å². The molecule has 92 valence electrons. The first-order chi connectivity index (χ1) is 8.66. The van der Waals surface area contributed by atoms with Crippen molar-refractivity contribution in [1.29, 1.82) is 0 Å². The highest BCUT2D eigenvalue weighted by atomic mass is 16.4. The Morgan fingerprint density at radius 3 is 2.67 bits per heavy atom. The zero-order valence-electron chi connectivity index (χ0n) is 9.65. The van der Waals surface area contributed by atoms with Gasteiger partial charge in [-0.1, -0.05) is 6.07 Å². The monoisotopic (exact) mass is 243 g/mol. The standard InChI is InChI=1S/C13H13N3O2/c14-10(13(17)18)7-9-4-6-16-12(8-9)11-3-1-2-5-15-11/h1-6,8,10H,7,14H2,(H,17,18)/t10-/m0/s1. The number of nitrogens with zero attached hydrogens (tertiary/aromatic N) is 2. The van der Waals surface area contributed by atoms with Gasteiger partial charge in [-0.2, -0.15) is 0 Å². The van der Waals surface area contributed by atoms with Gasteiger partial charge >= 0.3 is 5.97 Å². The van der Waals surface area contributed by atoms with Crippen LogP contribution in [-0.2, 0) is 11.2 Å². The van der Waals surface area contributed by atoms with Crippen LogP contribution in [0.4, 0.5) is 0 Å². The number of aromatic nitrogens is 2. The summed E-state index contributed by atoms with van der Waals surface area (Å²) >= 11 is 0. The van der Waals surface area contributed by atoms with Crippen molar-refractivity contribution in [2.45, 2.75) is 12.5 Å². The summed E-state index contributed by atoms with van der Waals surface area (Å²) in [6, 6.07) is 8.22. The molecule has 0 aliphatic carbocycles. The Labute approximate surface area is 104 Å². The third-order valence-electron chi connectivity index (χ3n) is 2.52. The van der Waals surface area contributed by atoms with Crippen LogP contribution in [0, 0.1) is 0 Å². The van der Waals surface area contributed by atoms with Gasteiger partial charge in [0.05, 0.1) is 11.4 Å². The fraction of sp³-hybridized carbons (Fsp3) is 0.154. The van der Waals surface area contributed by atoms with Crippen molar-refractivity contribution in [2.24, 2.45) is 5.73 Å². The molecule has 18 heavy (non-hydrogen) atoms. The summed E-state index contributed by atoms with van der Waals surface area (Å²) in [5, 5.41) is 8.78. The lowest BCUT2D eigenvalue weighted by atomic mass is 10.1. The lowest BCUT2D eigenvalue weighted by Crippen LogP contribution is -2.32. The lowest BCUT2D eigenvalue weighted by molar-refractivity contribution is -0.138. The fourth-order valence-corrected chi connectivity index (χ4v) is 1.60. The van der Waals surface area contributed by atoms with Crippen molar-refractivity contribution in [1.82, 2.24) is 9.97 Å². The van der Waals surface area contributed by atoms with E-state index in [0.717, 1.165) is 11.3 Å². The SMILES string of the molecule is N[C@@H](Cc1ccnc(-c2ccccn2)c1)C(=O)O. The van der Waals surface area contributed by atoms with E-state index < -0.39 is 12.0 Å². The van der Waals surface area contributed by atoms with Crippen molar-refractivity contribution in [2.75, 3.05) is 0 Å². The zero-order valence-corrected chi connectivity index (χ0v) is 9.65. The molecule has 2 aromatic heterocycles. The van der Waals surface area contributed by atoms with Gasteiger partial charge in [-0.05, 0) is 36.2 Å². The van der Waals surface area contributed by atoms with Gasteiger partial charge in [0.2, 0.25) is 0 Å². The molecule has 0 aromatic carbocycles. The molecule has 5 heteroatoms. The van der Waals surface area contributed by atoms with Crippen LogP contribution in [0.15, 0.2) is 42.7 Å². The van der Waals surface area contributed by atoms with E-state index in [1.54, 1.807) is 18.5 Å². The largest absolute Gasteiger partial charge is 0.480 e. The molecule has 0 fully saturated rings. The van der Waals surface area contributed by atoms with Crippen LogP contribution in [0.1, 0.15) is 5.56 Å². The normalized spacial score (nSPS) is 12.1. The van der Waals surface area contributed by atoms with E-state index in [4.69, 9.17) is 10.8 Å². The molecule has 0 saturated heterocycles. The van der Waals surface area contributed by atoms with E-state index in [1.807, 2.05) is 24.3 Å². The number of rotatable bonds is 4. The maximum absolute atomic E-state index is 10.7. The average molecular weight is 243 g/mol. The first-order valence-electron chi connectivity index (χ1n) is 5.51. The quantitative estimate of drug-likeness (QED) is 0.839. The van der Waals surface area contributed by atoms with Gasteiger partial charge in [-0.25, -0.2) is 0 Å². The van der Waals surface area contributed by atoms with Crippen LogP contribution in [0.3, 0.4) is 0 Å². The molecule has 2 rings (SSSR count). The zero-order chi connectivity index (χ0) is 13.0.